The number of rotatable bonds is 3. The smallest absolute Gasteiger partial charge is 0.280 e. The van der Waals surface area contributed by atoms with Crippen molar-refractivity contribution in [2.75, 3.05) is 24.8 Å². The fourth-order valence-corrected chi connectivity index (χ4v) is 1.70. The lowest BCUT2D eigenvalue weighted by Crippen LogP contribution is -2.27. The van der Waals surface area contributed by atoms with Crippen molar-refractivity contribution in [3.8, 4) is 5.75 Å². The van der Waals surface area contributed by atoms with Gasteiger partial charge in [0.05, 0.1) is 18.5 Å². The van der Waals surface area contributed by atoms with E-state index in [1.807, 2.05) is 18.2 Å². The molecule has 0 aliphatic rings. The second-order valence-electron chi connectivity index (χ2n) is 4.18. The number of aryl methyl sites for hydroxylation is 1. The van der Waals surface area contributed by atoms with Gasteiger partial charge < -0.3 is 15.4 Å². The van der Waals surface area contributed by atoms with Crippen LogP contribution in [-0.2, 0) is 0 Å². The molecule has 0 saturated carbocycles. The maximum Gasteiger partial charge on any atom is 0.280 e. The number of nitrogens with two attached hydrogens (primary N) is 1. The fraction of sp³-hybridized carbons (Fsp3) is 0.231. The molecule has 6 nitrogen and oxygen atoms in total. The molecule has 0 unspecified atom stereocenters. The van der Waals surface area contributed by atoms with Crippen molar-refractivity contribution in [2.45, 2.75) is 6.92 Å². The van der Waals surface area contributed by atoms with E-state index < -0.39 is 0 Å². The second-order valence-corrected chi connectivity index (χ2v) is 4.18. The first kappa shape index (κ1) is 12.9. The number of hydrogen-bond acceptors (Lipinski definition) is 4. The average molecular weight is 260 g/mol. The van der Waals surface area contributed by atoms with Gasteiger partial charge in [0, 0.05) is 18.8 Å². The first-order valence-electron chi connectivity index (χ1n) is 5.77. The molecule has 19 heavy (non-hydrogen) atoms. The van der Waals surface area contributed by atoms with Crippen LogP contribution in [0.25, 0.3) is 0 Å². The summed E-state index contributed by atoms with van der Waals surface area (Å²) < 4.78 is 5.13. The van der Waals surface area contributed by atoms with E-state index in [1.165, 1.54) is 4.90 Å². The van der Waals surface area contributed by atoms with E-state index in [0.29, 0.717) is 22.8 Å². The highest BCUT2D eigenvalue weighted by Crippen LogP contribution is 2.22. The standard InChI is InChI=1S/C13H16N4O2/c1-8-11(14)12(16-15-8)13(18)17(2)9-5-4-6-10(7-9)19-3/h4-7H,14H2,1-3H3,(H,15,16). The van der Waals surface area contributed by atoms with E-state index in [9.17, 15) is 4.79 Å². The molecule has 1 heterocycles. The van der Waals surface area contributed by atoms with Crippen molar-refractivity contribution in [2.24, 2.45) is 0 Å². The molecule has 2 rings (SSSR count). The van der Waals surface area contributed by atoms with Crippen LogP contribution < -0.4 is 15.4 Å². The van der Waals surface area contributed by atoms with Crippen LogP contribution in [0.5, 0.6) is 5.75 Å². The van der Waals surface area contributed by atoms with E-state index in [0.717, 1.165) is 0 Å². The van der Waals surface area contributed by atoms with Crippen LogP contribution in [0, 0.1) is 6.92 Å². The maximum atomic E-state index is 12.3. The molecule has 0 saturated heterocycles. The Kier molecular flexibility index (Phi) is 3.41. The Hall–Kier alpha value is -2.50. The number of H-pyrrole nitrogens is 1. The highest BCUT2D eigenvalue weighted by atomic mass is 16.5. The predicted octanol–water partition coefficient (Wildman–Crippen LogP) is 1.59. The summed E-state index contributed by atoms with van der Waals surface area (Å²) >= 11 is 0. The SMILES string of the molecule is COc1cccc(N(C)C(=O)c2n[nH]c(C)c2N)c1. The number of anilines is 2. The number of aromatic nitrogens is 2. The van der Waals surface area contributed by atoms with Crippen molar-refractivity contribution >= 4 is 17.3 Å². The van der Waals surface area contributed by atoms with Crippen LogP contribution in [0.3, 0.4) is 0 Å². The third-order valence-corrected chi connectivity index (χ3v) is 2.94. The number of nitrogen functional groups attached to an aromatic ring is 1. The van der Waals surface area contributed by atoms with Crippen LogP contribution in [0.15, 0.2) is 24.3 Å². The summed E-state index contributed by atoms with van der Waals surface area (Å²) in [6.45, 7) is 1.77. The first-order valence-corrected chi connectivity index (χ1v) is 5.77. The Balaban J connectivity index is 2.30. The van der Waals surface area contributed by atoms with Gasteiger partial charge in [-0.25, -0.2) is 0 Å². The van der Waals surface area contributed by atoms with Crippen LogP contribution in [0.1, 0.15) is 16.2 Å². The Morgan fingerprint density at radius 2 is 2.21 bits per heavy atom. The van der Waals surface area contributed by atoms with Gasteiger partial charge in [-0.05, 0) is 19.1 Å². The quantitative estimate of drug-likeness (QED) is 0.877. The molecule has 3 N–H and O–H groups in total. The maximum absolute atomic E-state index is 12.3. The summed E-state index contributed by atoms with van der Waals surface area (Å²) in [5.74, 6) is 0.415. The van der Waals surface area contributed by atoms with Crippen LogP contribution in [-0.4, -0.2) is 30.3 Å². The van der Waals surface area contributed by atoms with Crippen LogP contribution in [0.4, 0.5) is 11.4 Å². The molecular weight excluding hydrogens is 244 g/mol. The highest BCUT2D eigenvalue weighted by molar-refractivity contribution is 6.07. The minimum Gasteiger partial charge on any atom is -0.497 e. The van der Waals surface area contributed by atoms with Crippen LogP contribution in [0.2, 0.25) is 0 Å². The van der Waals surface area contributed by atoms with Crippen molar-refractivity contribution < 1.29 is 9.53 Å². The number of amides is 1. The normalized spacial score (nSPS) is 10.3. The topological polar surface area (TPSA) is 84.2 Å². The molecule has 1 aromatic heterocycles. The van der Waals surface area contributed by atoms with Crippen LogP contribution >= 0.6 is 0 Å². The molecule has 0 aliphatic heterocycles. The Labute approximate surface area is 111 Å². The molecular formula is C13H16N4O2. The highest BCUT2D eigenvalue weighted by Gasteiger charge is 2.20. The molecule has 1 aromatic carbocycles. The third kappa shape index (κ3) is 2.37. The summed E-state index contributed by atoms with van der Waals surface area (Å²) in [4.78, 5) is 13.8. The van der Waals surface area contributed by atoms with Gasteiger partial charge in [-0.1, -0.05) is 6.07 Å². The molecule has 2 aromatic rings. The molecule has 0 bridgehead atoms. The van der Waals surface area contributed by atoms with E-state index >= 15 is 0 Å². The molecule has 0 fully saturated rings. The Morgan fingerprint density at radius 1 is 1.47 bits per heavy atom. The minimum absolute atomic E-state index is 0.225. The fourth-order valence-electron chi connectivity index (χ4n) is 1.70. The zero-order valence-corrected chi connectivity index (χ0v) is 11.1. The second kappa shape index (κ2) is 5.01. The molecule has 0 aliphatic carbocycles. The minimum atomic E-state index is -0.268. The first-order chi connectivity index (χ1) is 9.04. The monoisotopic (exact) mass is 260 g/mol. The van der Waals surface area contributed by atoms with E-state index in [2.05, 4.69) is 10.2 Å². The van der Waals surface area contributed by atoms with Gasteiger partial charge in [0.1, 0.15) is 5.75 Å². The summed E-state index contributed by atoms with van der Waals surface area (Å²) in [6.07, 6.45) is 0. The van der Waals surface area contributed by atoms with Gasteiger partial charge in [-0.15, -0.1) is 0 Å². The summed E-state index contributed by atoms with van der Waals surface area (Å²) in [6, 6.07) is 7.22. The lowest BCUT2D eigenvalue weighted by molar-refractivity contribution is 0.0989. The Morgan fingerprint density at radius 3 is 2.79 bits per heavy atom. The molecule has 0 radical (unpaired) electrons. The van der Waals surface area contributed by atoms with Gasteiger partial charge in [-0.2, -0.15) is 5.10 Å². The number of carbonyl (C=O) groups is 1. The summed E-state index contributed by atoms with van der Waals surface area (Å²) in [5.41, 5.74) is 7.80. The molecule has 0 atom stereocenters. The van der Waals surface area contributed by atoms with Gasteiger partial charge in [0.2, 0.25) is 0 Å². The van der Waals surface area contributed by atoms with Crippen molar-refractivity contribution in [3.05, 3.63) is 35.7 Å². The third-order valence-electron chi connectivity index (χ3n) is 2.94. The molecule has 1 amide bonds. The van der Waals surface area contributed by atoms with Gasteiger partial charge >= 0.3 is 0 Å². The van der Waals surface area contributed by atoms with Crippen molar-refractivity contribution in [3.63, 3.8) is 0 Å². The van der Waals surface area contributed by atoms with Gasteiger partial charge in [0.15, 0.2) is 5.69 Å². The number of ether oxygens (including phenoxy) is 1. The van der Waals surface area contributed by atoms with E-state index in [1.54, 1.807) is 27.1 Å². The van der Waals surface area contributed by atoms with Gasteiger partial charge in [-0.3, -0.25) is 9.89 Å². The number of hydrogen-bond donors (Lipinski definition) is 2. The lowest BCUT2D eigenvalue weighted by atomic mass is 10.2. The largest absolute Gasteiger partial charge is 0.497 e. The summed E-state index contributed by atoms with van der Waals surface area (Å²) in [7, 11) is 3.25. The average Bonchev–Trinajstić information content (AvgIpc) is 2.77. The Bertz CT molecular complexity index is 606. The number of carbonyl (C=O) groups excluding carboxylic acids is 1. The lowest BCUT2D eigenvalue weighted by Gasteiger charge is -2.17. The van der Waals surface area contributed by atoms with Crippen molar-refractivity contribution in [1.29, 1.82) is 0 Å². The zero-order chi connectivity index (χ0) is 14.0. The number of methoxy groups -OCH3 is 1. The van der Waals surface area contributed by atoms with Crippen molar-refractivity contribution in [1.82, 2.24) is 10.2 Å². The zero-order valence-electron chi connectivity index (χ0n) is 11.1. The number of benzene rings is 1. The predicted molar refractivity (Wildman–Crippen MR) is 73.5 cm³/mol. The van der Waals surface area contributed by atoms with Gasteiger partial charge in [0.25, 0.3) is 5.91 Å². The molecule has 6 heteroatoms. The molecule has 0 spiro atoms. The number of nitrogens with one attached hydrogen (secondary N) is 1. The molecule has 100 valence electrons. The summed E-state index contributed by atoms with van der Waals surface area (Å²) in [5, 5.41) is 6.63. The number of aromatic amines is 1. The number of nitrogens with zero attached hydrogens (tertiary/aromatic N) is 2. The van der Waals surface area contributed by atoms with E-state index in [4.69, 9.17) is 10.5 Å². The van der Waals surface area contributed by atoms with E-state index in [-0.39, 0.29) is 11.6 Å².